The highest BCUT2D eigenvalue weighted by atomic mass is 17.1. The van der Waals surface area contributed by atoms with Gasteiger partial charge < -0.3 is 4.74 Å². The molecule has 0 aliphatic heterocycles. The molecule has 0 aromatic heterocycles. The maximum atomic E-state index is 11.1. The van der Waals surface area contributed by atoms with E-state index in [-0.39, 0.29) is 20.4 Å². The van der Waals surface area contributed by atoms with E-state index < -0.39 is 11.8 Å². The number of carbonyl (C=O) groups excluding carboxylic acids is 2. The van der Waals surface area contributed by atoms with Crippen molar-refractivity contribution in [2.75, 3.05) is 7.11 Å². The minimum atomic E-state index is -1.31. The van der Waals surface area contributed by atoms with Crippen LogP contribution in [-0.4, -0.2) is 24.1 Å². The molecular weight excluding hydrogens is 236 g/mol. The molecule has 0 atom stereocenters. The van der Waals surface area contributed by atoms with E-state index in [9.17, 15) is 9.59 Å². The number of rotatable bonds is 3. The number of hydrogen-bond donors (Lipinski definition) is 1. The van der Waals surface area contributed by atoms with E-state index >= 15 is 0 Å². The van der Waals surface area contributed by atoms with Gasteiger partial charge in [0.2, 0.25) is 0 Å². The predicted molar refractivity (Wildman–Crippen MR) is 70.8 cm³/mol. The molecule has 0 saturated heterocycles. The molecule has 0 spiro atoms. The summed E-state index contributed by atoms with van der Waals surface area (Å²) in [5.41, 5.74) is 0.129. The Morgan fingerprint density at radius 2 is 1.56 bits per heavy atom. The highest BCUT2D eigenvalue weighted by Gasteiger charge is 2.17. The first-order valence-corrected chi connectivity index (χ1v) is 4.23. The lowest BCUT2D eigenvalue weighted by molar-refractivity contribution is -0.227. The lowest BCUT2D eigenvalue weighted by Gasteiger charge is -2.00. The largest absolute Gasteiger partial charge is 0.497 e. The Hall–Kier alpha value is -2.14. The second-order valence-electron chi connectivity index (χ2n) is 2.44. The Kier molecular flexibility index (Phi) is 13.4. The lowest BCUT2D eigenvalue weighted by atomic mass is 10.1. The van der Waals surface area contributed by atoms with Crippen molar-refractivity contribution in [1.29, 1.82) is 0 Å². The smallest absolute Gasteiger partial charge is 0.412 e. The van der Waals surface area contributed by atoms with Crippen molar-refractivity contribution in [2.45, 2.75) is 14.9 Å². The number of hydrogen-bond acceptors (Lipinski definition) is 5. The summed E-state index contributed by atoms with van der Waals surface area (Å²) in [5.74, 6) is -1.65. The van der Waals surface area contributed by atoms with Crippen molar-refractivity contribution < 1.29 is 24.5 Å². The van der Waals surface area contributed by atoms with E-state index in [1.165, 1.54) is 31.4 Å². The van der Waals surface area contributed by atoms with E-state index in [2.05, 4.69) is 18.0 Å². The Morgan fingerprint density at radius 1 is 1.11 bits per heavy atom. The van der Waals surface area contributed by atoms with Gasteiger partial charge in [0.05, 0.1) is 7.11 Å². The van der Waals surface area contributed by atoms with Gasteiger partial charge >= 0.3 is 5.97 Å². The molecule has 0 unspecified atom stereocenters. The molecule has 5 heteroatoms. The molecule has 1 N–H and O–H groups in total. The van der Waals surface area contributed by atoms with E-state index in [0.717, 1.165) is 0 Å². The number of methoxy groups -OCH3 is 1. The van der Waals surface area contributed by atoms with E-state index in [1.54, 1.807) is 0 Å². The fraction of sp³-hybridized carbons (Fsp3) is 0.231. The number of ether oxygens (including phenoxy) is 1. The van der Waals surface area contributed by atoms with Crippen LogP contribution < -0.4 is 4.74 Å². The van der Waals surface area contributed by atoms with Crippen LogP contribution in [0.2, 0.25) is 0 Å². The standard InChI is InChI=1S/C9H8O5.C2H4.2CH4/c1-13-7-4-2-6(3-5-7)8(10)9(11)14-12;1-2;;/h2-5,12H,1H3;1-2H2;2*1H4. The first-order chi connectivity index (χ1) is 7.69. The second kappa shape index (κ2) is 11.3. The van der Waals surface area contributed by atoms with Crippen LogP contribution in [0, 0.1) is 0 Å². The molecule has 0 saturated carbocycles. The number of carbonyl (C=O) groups is 2. The maximum absolute atomic E-state index is 11.1. The second-order valence-corrected chi connectivity index (χ2v) is 2.44. The SMILES string of the molecule is C.C.C=C.COc1ccc(C(=O)C(=O)OO)cc1. The summed E-state index contributed by atoms with van der Waals surface area (Å²) in [6.07, 6.45) is 0. The summed E-state index contributed by atoms with van der Waals surface area (Å²) in [6.45, 7) is 6.00. The summed E-state index contributed by atoms with van der Waals surface area (Å²) in [6, 6.07) is 5.85. The Balaban J connectivity index is -0.000000534. The zero-order chi connectivity index (χ0) is 12.6. The minimum Gasteiger partial charge on any atom is -0.497 e. The number of ketones is 1. The molecule has 1 aromatic rings. The first-order valence-electron chi connectivity index (χ1n) is 4.23. The number of Topliss-reactive ketones (excluding diaryl/α,β-unsaturated/α-hetero) is 1. The van der Waals surface area contributed by atoms with Crippen LogP contribution in [0.3, 0.4) is 0 Å². The van der Waals surface area contributed by atoms with E-state index in [0.29, 0.717) is 5.75 Å². The van der Waals surface area contributed by atoms with Gasteiger partial charge in [-0.2, -0.15) is 5.26 Å². The van der Waals surface area contributed by atoms with Crippen molar-refractivity contribution in [3.63, 3.8) is 0 Å². The third-order valence-corrected chi connectivity index (χ3v) is 1.62. The zero-order valence-electron chi connectivity index (χ0n) is 8.80. The molecule has 1 rings (SSSR count). The monoisotopic (exact) mass is 256 g/mol. The molecule has 0 radical (unpaired) electrons. The van der Waals surface area contributed by atoms with Crippen molar-refractivity contribution >= 4 is 11.8 Å². The van der Waals surface area contributed by atoms with Crippen LogP contribution in [0.15, 0.2) is 37.4 Å². The van der Waals surface area contributed by atoms with E-state index in [1.807, 2.05) is 0 Å². The predicted octanol–water partition coefficient (Wildman–Crippen LogP) is 2.97. The van der Waals surface area contributed by atoms with Crippen LogP contribution in [0.25, 0.3) is 0 Å². The Morgan fingerprint density at radius 3 is 1.89 bits per heavy atom. The zero-order valence-corrected chi connectivity index (χ0v) is 8.80. The summed E-state index contributed by atoms with van der Waals surface area (Å²) in [4.78, 5) is 25.0. The summed E-state index contributed by atoms with van der Waals surface area (Å²) in [5, 5.41) is 7.97. The van der Waals surface area contributed by atoms with Crippen LogP contribution in [-0.2, 0) is 9.68 Å². The third-order valence-electron chi connectivity index (χ3n) is 1.62. The Labute approximate surface area is 108 Å². The highest BCUT2D eigenvalue weighted by Crippen LogP contribution is 2.11. The molecule has 0 aliphatic rings. The average molecular weight is 256 g/mol. The fourth-order valence-corrected chi connectivity index (χ4v) is 0.902. The van der Waals surface area contributed by atoms with Gasteiger partial charge in [0.15, 0.2) is 0 Å². The van der Waals surface area contributed by atoms with Crippen molar-refractivity contribution in [1.82, 2.24) is 0 Å². The normalized spacial score (nSPS) is 7.44. The molecule has 5 nitrogen and oxygen atoms in total. The van der Waals surface area contributed by atoms with Gasteiger partial charge in [-0.05, 0) is 24.3 Å². The molecule has 0 aliphatic carbocycles. The summed E-state index contributed by atoms with van der Waals surface area (Å²) >= 11 is 0. The molecule has 1 aromatic carbocycles. The molecule has 0 amide bonds. The van der Waals surface area contributed by atoms with Crippen LogP contribution in [0.5, 0.6) is 5.75 Å². The summed E-state index contributed by atoms with van der Waals surface area (Å²) < 4.78 is 4.86. The number of benzene rings is 1. The summed E-state index contributed by atoms with van der Waals surface area (Å²) in [7, 11) is 1.48. The molecule has 0 heterocycles. The van der Waals surface area contributed by atoms with Crippen LogP contribution >= 0.6 is 0 Å². The van der Waals surface area contributed by atoms with Crippen molar-refractivity contribution in [3.8, 4) is 5.75 Å². The highest BCUT2D eigenvalue weighted by molar-refractivity contribution is 6.40. The van der Waals surface area contributed by atoms with Gasteiger partial charge in [-0.3, -0.25) is 9.68 Å². The molecule has 18 heavy (non-hydrogen) atoms. The van der Waals surface area contributed by atoms with Crippen LogP contribution in [0.4, 0.5) is 0 Å². The van der Waals surface area contributed by atoms with Crippen molar-refractivity contribution in [3.05, 3.63) is 43.0 Å². The van der Waals surface area contributed by atoms with Gasteiger partial charge in [0.25, 0.3) is 5.78 Å². The first kappa shape index (κ1) is 21.2. The average Bonchev–Trinajstić information content (AvgIpc) is 2.39. The molecular formula is C13H20O5. The molecule has 102 valence electrons. The lowest BCUT2D eigenvalue weighted by Crippen LogP contribution is -2.15. The van der Waals surface area contributed by atoms with Gasteiger partial charge in [-0.25, -0.2) is 4.79 Å². The van der Waals surface area contributed by atoms with Gasteiger partial charge in [-0.1, -0.05) is 14.9 Å². The van der Waals surface area contributed by atoms with Gasteiger partial charge in [0.1, 0.15) is 5.75 Å². The van der Waals surface area contributed by atoms with Crippen molar-refractivity contribution in [2.24, 2.45) is 0 Å². The Bertz CT molecular complexity index is 356. The fourth-order valence-electron chi connectivity index (χ4n) is 0.902. The molecule has 0 fully saturated rings. The maximum Gasteiger partial charge on any atom is 0.412 e. The third kappa shape index (κ3) is 5.81. The van der Waals surface area contributed by atoms with Crippen LogP contribution in [0.1, 0.15) is 25.2 Å². The van der Waals surface area contributed by atoms with E-state index in [4.69, 9.17) is 9.99 Å². The van der Waals surface area contributed by atoms with Gasteiger partial charge in [0, 0.05) is 5.56 Å². The molecule has 0 bridgehead atoms. The van der Waals surface area contributed by atoms with Gasteiger partial charge in [-0.15, -0.1) is 13.2 Å². The minimum absolute atomic E-state index is 0. The quantitative estimate of drug-likeness (QED) is 0.296. The topological polar surface area (TPSA) is 72.8 Å².